The molecule has 1 saturated carbocycles. The molecule has 1 aromatic rings. The Hall–Kier alpha value is -1.35. The van der Waals surface area contributed by atoms with E-state index in [9.17, 15) is 4.79 Å². The van der Waals surface area contributed by atoms with Gasteiger partial charge in [-0.15, -0.1) is 0 Å². The minimum absolute atomic E-state index is 0.0198. The summed E-state index contributed by atoms with van der Waals surface area (Å²) >= 11 is 0. The largest absolute Gasteiger partial charge is 0.341 e. The second kappa shape index (κ2) is 5.69. The standard InChI is InChI=1S/C19H26N2O/c22-18(17-12-15-6-2-3-7-16(15)13-20-17)21-11-10-19(14-21)8-4-1-5-9-19/h2-3,6-7,17,20H,1,4-5,8-14H2. The molecule has 1 aliphatic carbocycles. The zero-order valence-corrected chi connectivity index (χ0v) is 13.3. The highest BCUT2D eigenvalue weighted by atomic mass is 16.2. The number of rotatable bonds is 1. The van der Waals surface area contributed by atoms with Gasteiger partial charge in [-0.2, -0.15) is 0 Å². The van der Waals surface area contributed by atoms with Crippen molar-refractivity contribution in [2.24, 2.45) is 5.41 Å². The van der Waals surface area contributed by atoms with Gasteiger partial charge in [-0.1, -0.05) is 43.5 Å². The van der Waals surface area contributed by atoms with Gasteiger partial charge < -0.3 is 10.2 Å². The Morgan fingerprint density at radius 1 is 1.09 bits per heavy atom. The molecule has 1 aromatic carbocycles. The minimum atomic E-state index is -0.0198. The van der Waals surface area contributed by atoms with E-state index < -0.39 is 0 Å². The number of amides is 1. The molecule has 1 saturated heterocycles. The van der Waals surface area contributed by atoms with Crippen LogP contribution in [-0.4, -0.2) is 29.9 Å². The lowest BCUT2D eigenvalue weighted by atomic mass is 9.73. The first-order valence-electron chi connectivity index (χ1n) is 8.85. The molecule has 1 spiro atoms. The fourth-order valence-electron chi connectivity index (χ4n) is 4.68. The average Bonchev–Trinajstić information content (AvgIpc) is 2.98. The van der Waals surface area contributed by atoms with Gasteiger partial charge in [-0.3, -0.25) is 4.79 Å². The summed E-state index contributed by atoms with van der Waals surface area (Å²) in [6.07, 6.45) is 8.83. The average molecular weight is 298 g/mol. The van der Waals surface area contributed by atoms with Crippen molar-refractivity contribution in [3.05, 3.63) is 35.4 Å². The Balaban J connectivity index is 1.43. The quantitative estimate of drug-likeness (QED) is 0.864. The van der Waals surface area contributed by atoms with Gasteiger partial charge in [0.25, 0.3) is 0 Å². The molecule has 1 atom stereocenters. The van der Waals surface area contributed by atoms with Crippen LogP contribution >= 0.6 is 0 Å². The molecule has 1 N–H and O–H groups in total. The van der Waals surface area contributed by atoms with E-state index in [4.69, 9.17) is 0 Å². The first-order valence-corrected chi connectivity index (χ1v) is 8.85. The summed E-state index contributed by atoms with van der Waals surface area (Å²) in [6, 6.07) is 8.47. The van der Waals surface area contributed by atoms with Gasteiger partial charge in [0.15, 0.2) is 0 Å². The molecule has 118 valence electrons. The van der Waals surface area contributed by atoms with Crippen molar-refractivity contribution in [3.8, 4) is 0 Å². The first kappa shape index (κ1) is 14.3. The van der Waals surface area contributed by atoms with E-state index in [1.54, 1.807) is 0 Å². The molecule has 0 aromatic heterocycles. The lowest BCUT2D eigenvalue weighted by Gasteiger charge is -2.34. The molecule has 2 heterocycles. The molecule has 0 radical (unpaired) electrons. The van der Waals surface area contributed by atoms with Gasteiger partial charge in [0.2, 0.25) is 5.91 Å². The molecule has 3 aliphatic rings. The van der Waals surface area contributed by atoms with Crippen molar-refractivity contribution >= 4 is 5.91 Å². The molecule has 22 heavy (non-hydrogen) atoms. The summed E-state index contributed by atoms with van der Waals surface area (Å²) in [5.74, 6) is 0.331. The Morgan fingerprint density at radius 3 is 2.68 bits per heavy atom. The summed E-state index contributed by atoms with van der Waals surface area (Å²) in [4.78, 5) is 15.0. The zero-order chi connectivity index (χ0) is 15.0. The summed E-state index contributed by atoms with van der Waals surface area (Å²) in [7, 11) is 0. The van der Waals surface area contributed by atoms with E-state index in [-0.39, 0.29) is 6.04 Å². The second-order valence-electron chi connectivity index (χ2n) is 7.48. The van der Waals surface area contributed by atoms with Crippen molar-refractivity contribution in [1.29, 1.82) is 0 Å². The smallest absolute Gasteiger partial charge is 0.240 e. The highest BCUT2D eigenvalue weighted by Gasteiger charge is 2.42. The minimum Gasteiger partial charge on any atom is -0.341 e. The van der Waals surface area contributed by atoms with Crippen LogP contribution in [0.15, 0.2) is 24.3 Å². The van der Waals surface area contributed by atoms with Gasteiger partial charge in [0.05, 0.1) is 6.04 Å². The molecule has 1 unspecified atom stereocenters. The summed E-state index contributed by atoms with van der Waals surface area (Å²) in [6.45, 7) is 2.80. The number of nitrogens with zero attached hydrogens (tertiary/aromatic N) is 1. The molecular formula is C19H26N2O. The maximum absolute atomic E-state index is 12.9. The van der Waals surface area contributed by atoms with Gasteiger partial charge in [-0.25, -0.2) is 0 Å². The number of benzene rings is 1. The highest BCUT2D eigenvalue weighted by Crippen LogP contribution is 2.43. The van der Waals surface area contributed by atoms with Crippen molar-refractivity contribution in [3.63, 3.8) is 0 Å². The Kier molecular flexibility index (Phi) is 3.69. The fourth-order valence-corrected chi connectivity index (χ4v) is 4.68. The number of carbonyl (C=O) groups excluding carboxylic acids is 1. The van der Waals surface area contributed by atoms with Gasteiger partial charge in [0.1, 0.15) is 0 Å². The van der Waals surface area contributed by atoms with E-state index in [1.807, 2.05) is 0 Å². The second-order valence-corrected chi connectivity index (χ2v) is 7.48. The third kappa shape index (κ3) is 2.56. The van der Waals surface area contributed by atoms with E-state index in [2.05, 4.69) is 34.5 Å². The molecule has 4 rings (SSSR count). The highest BCUT2D eigenvalue weighted by molar-refractivity contribution is 5.83. The molecule has 3 heteroatoms. The van der Waals surface area contributed by atoms with Crippen LogP contribution in [0.5, 0.6) is 0 Å². The Labute approximate surface area is 133 Å². The number of carbonyl (C=O) groups is 1. The van der Waals surface area contributed by atoms with Crippen molar-refractivity contribution in [2.75, 3.05) is 13.1 Å². The number of fused-ring (bicyclic) bond motifs is 1. The van der Waals surface area contributed by atoms with Crippen molar-refractivity contribution in [2.45, 2.75) is 57.5 Å². The van der Waals surface area contributed by atoms with E-state index in [1.165, 1.54) is 49.7 Å². The number of nitrogens with one attached hydrogen (secondary N) is 1. The van der Waals surface area contributed by atoms with Crippen LogP contribution in [0, 0.1) is 5.41 Å². The van der Waals surface area contributed by atoms with Crippen LogP contribution in [0.2, 0.25) is 0 Å². The normalized spacial score (nSPS) is 26.9. The molecular weight excluding hydrogens is 272 g/mol. The topological polar surface area (TPSA) is 32.3 Å². The summed E-state index contributed by atoms with van der Waals surface area (Å²) in [5.41, 5.74) is 3.14. The summed E-state index contributed by atoms with van der Waals surface area (Å²) in [5, 5.41) is 3.45. The monoisotopic (exact) mass is 298 g/mol. The van der Waals surface area contributed by atoms with Crippen LogP contribution < -0.4 is 5.32 Å². The van der Waals surface area contributed by atoms with Crippen LogP contribution in [0.4, 0.5) is 0 Å². The van der Waals surface area contributed by atoms with Gasteiger partial charge in [-0.05, 0) is 42.2 Å². The SMILES string of the molecule is O=C(C1Cc2ccccc2CN1)N1CCC2(CCCCC2)C1. The van der Waals surface area contributed by atoms with E-state index in [0.29, 0.717) is 11.3 Å². The Bertz CT molecular complexity index is 562. The van der Waals surface area contributed by atoms with Crippen LogP contribution in [-0.2, 0) is 17.8 Å². The maximum Gasteiger partial charge on any atom is 0.240 e. The molecule has 3 nitrogen and oxygen atoms in total. The fraction of sp³-hybridized carbons (Fsp3) is 0.632. The third-order valence-electron chi connectivity index (χ3n) is 6.04. The first-order chi connectivity index (χ1) is 10.8. The van der Waals surface area contributed by atoms with Crippen molar-refractivity contribution in [1.82, 2.24) is 10.2 Å². The molecule has 2 fully saturated rings. The van der Waals surface area contributed by atoms with Crippen molar-refractivity contribution < 1.29 is 4.79 Å². The van der Waals surface area contributed by atoms with E-state index in [0.717, 1.165) is 26.1 Å². The van der Waals surface area contributed by atoms with Crippen LogP contribution in [0.1, 0.15) is 49.7 Å². The maximum atomic E-state index is 12.9. The Morgan fingerprint density at radius 2 is 1.86 bits per heavy atom. The lowest BCUT2D eigenvalue weighted by molar-refractivity contribution is -0.133. The van der Waals surface area contributed by atoms with Gasteiger partial charge in [0, 0.05) is 19.6 Å². The van der Waals surface area contributed by atoms with E-state index >= 15 is 0 Å². The number of likely N-dealkylation sites (tertiary alicyclic amines) is 1. The predicted octanol–water partition coefficient (Wildman–Crippen LogP) is 2.88. The lowest BCUT2D eigenvalue weighted by Crippen LogP contribution is -2.49. The summed E-state index contributed by atoms with van der Waals surface area (Å²) < 4.78 is 0. The molecule has 0 bridgehead atoms. The van der Waals surface area contributed by atoms with Gasteiger partial charge >= 0.3 is 0 Å². The van der Waals surface area contributed by atoms with Crippen LogP contribution in [0.3, 0.4) is 0 Å². The molecule has 1 amide bonds. The number of hydrogen-bond donors (Lipinski definition) is 1. The zero-order valence-electron chi connectivity index (χ0n) is 13.3. The number of hydrogen-bond acceptors (Lipinski definition) is 2. The third-order valence-corrected chi connectivity index (χ3v) is 6.04. The van der Waals surface area contributed by atoms with Crippen LogP contribution in [0.25, 0.3) is 0 Å². The predicted molar refractivity (Wildman–Crippen MR) is 87.5 cm³/mol. The molecule has 2 aliphatic heterocycles.